The molecule has 0 radical (unpaired) electrons. The summed E-state index contributed by atoms with van der Waals surface area (Å²) < 4.78 is 5.53. The van der Waals surface area contributed by atoms with Gasteiger partial charge in [-0.25, -0.2) is 4.79 Å². The van der Waals surface area contributed by atoms with Gasteiger partial charge in [-0.15, -0.1) is 11.3 Å². The largest absolute Gasteiger partial charge is 0.381 e. The van der Waals surface area contributed by atoms with Crippen LogP contribution in [0.1, 0.15) is 28.8 Å². The third-order valence-electron chi connectivity index (χ3n) is 4.85. The highest BCUT2D eigenvalue weighted by atomic mass is 32.1. The maximum absolute atomic E-state index is 12.3. The predicted molar refractivity (Wildman–Crippen MR) is 99.0 cm³/mol. The maximum Gasteiger partial charge on any atom is 0.319 e. The van der Waals surface area contributed by atoms with E-state index in [1.54, 1.807) is 11.3 Å². The van der Waals surface area contributed by atoms with Gasteiger partial charge in [0.15, 0.2) is 0 Å². The molecule has 0 atom stereocenters. The molecule has 128 valence electrons. The second kappa shape index (κ2) is 7.36. The number of rotatable bonds is 4. The van der Waals surface area contributed by atoms with Crippen LogP contribution < -0.4 is 10.6 Å². The van der Waals surface area contributed by atoms with Crippen LogP contribution in [-0.4, -0.2) is 25.8 Å². The number of amides is 2. The fourth-order valence-electron chi connectivity index (χ4n) is 3.10. The third kappa shape index (κ3) is 3.79. The highest BCUT2D eigenvalue weighted by Gasteiger charge is 2.35. The van der Waals surface area contributed by atoms with Crippen LogP contribution in [0.4, 0.5) is 10.5 Å². The first kappa shape index (κ1) is 17.0. The number of benzene rings is 1. The lowest BCUT2D eigenvalue weighted by atomic mass is 9.78. The van der Waals surface area contributed by atoms with Crippen LogP contribution in [0.2, 0.25) is 0 Å². The Labute approximate surface area is 147 Å². The van der Waals surface area contributed by atoms with E-state index < -0.39 is 0 Å². The highest BCUT2D eigenvalue weighted by Crippen LogP contribution is 2.36. The van der Waals surface area contributed by atoms with Gasteiger partial charge in [0, 0.05) is 35.7 Å². The van der Waals surface area contributed by atoms with Gasteiger partial charge in [0.2, 0.25) is 0 Å². The number of anilines is 1. The number of ether oxygens (including phenoxy) is 1. The molecular weight excluding hydrogens is 320 g/mol. The molecule has 1 aliphatic heterocycles. The number of carbonyl (C=O) groups is 1. The van der Waals surface area contributed by atoms with Crippen LogP contribution in [0.5, 0.6) is 0 Å². The van der Waals surface area contributed by atoms with Gasteiger partial charge in [-0.05, 0) is 61.4 Å². The van der Waals surface area contributed by atoms with E-state index in [9.17, 15) is 4.79 Å². The number of aryl methyl sites for hydroxylation is 2. The molecule has 2 N–H and O–H groups in total. The summed E-state index contributed by atoms with van der Waals surface area (Å²) in [4.78, 5) is 13.6. The minimum absolute atomic E-state index is 0.00699. The Kier molecular flexibility index (Phi) is 5.21. The quantitative estimate of drug-likeness (QED) is 0.872. The van der Waals surface area contributed by atoms with E-state index in [4.69, 9.17) is 4.74 Å². The van der Waals surface area contributed by atoms with Crippen molar-refractivity contribution in [2.45, 2.75) is 32.1 Å². The molecule has 1 aromatic heterocycles. The number of nitrogens with one attached hydrogen (secondary N) is 2. The molecule has 1 fully saturated rings. The molecule has 2 amide bonds. The Morgan fingerprint density at radius 2 is 2.00 bits per heavy atom. The van der Waals surface area contributed by atoms with Crippen molar-refractivity contribution < 1.29 is 9.53 Å². The van der Waals surface area contributed by atoms with Crippen molar-refractivity contribution in [3.63, 3.8) is 0 Å². The third-order valence-corrected chi connectivity index (χ3v) is 5.96. The molecule has 0 unspecified atom stereocenters. The smallest absolute Gasteiger partial charge is 0.319 e. The molecule has 2 aromatic rings. The molecule has 0 bridgehead atoms. The van der Waals surface area contributed by atoms with Gasteiger partial charge in [-0.1, -0.05) is 12.1 Å². The molecule has 0 aliphatic carbocycles. The van der Waals surface area contributed by atoms with Gasteiger partial charge in [-0.2, -0.15) is 0 Å². The lowest BCUT2D eigenvalue weighted by molar-refractivity contribution is 0.0521. The minimum atomic E-state index is -0.152. The molecule has 0 spiro atoms. The molecule has 1 aliphatic rings. The Morgan fingerprint density at radius 3 is 2.67 bits per heavy atom. The van der Waals surface area contributed by atoms with Crippen molar-refractivity contribution in [2.24, 2.45) is 0 Å². The minimum Gasteiger partial charge on any atom is -0.381 e. The molecule has 1 saturated heterocycles. The normalized spacial score (nSPS) is 16.6. The first-order valence-corrected chi connectivity index (χ1v) is 9.21. The fourth-order valence-corrected chi connectivity index (χ4v) is 4.08. The van der Waals surface area contributed by atoms with Crippen LogP contribution >= 0.6 is 11.3 Å². The zero-order chi connectivity index (χ0) is 17.0. The first-order valence-electron chi connectivity index (χ1n) is 8.33. The van der Waals surface area contributed by atoms with E-state index in [2.05, 4.69) is 35.1 Å². The molecule has 24 heavy (non-hydrogen) atoms. The summed E-state index contributed by atoms with van der Waals surface area (Å²) in [5, 5.41) is 8.10. The summed E-state index contributed by atoms with van der Waals surface area (Å²) in [5.74, 6) is 0. The molecule has 1 aromatic carbocycles. The van der Waals surface area contributed by atoms with Gasteiger partial charge < -0.3 is 15.4 Å². The molecule has 2 heterocycles. The summed E-state index contributed by atoms with van der Waals surface area (Å²) in [5.41, 5.74) is 3.22. The summed E-state index contributed by atoms with van der Waals surface area (Å²) in [6, 6.07) is 10.0. The first-order chi connectivity index (χ1) is 11.6. The fraction of sp³-hybridized carbons (Fsp3) is 0.421. The van der Waals surface area contributed by atoms with Crippen molar-refractivity contribution >= 4 is 23.1 Å². The lowest BCUT2D eigenvalue weighted by Crippen LogP contribution is -2.45. The Hall–Kier alpha value is -1.85. The molecular formula is C19H24N2O2S. The van der Waals surface area contributed by atoms with Crippen LogP contribution in [-0.2, 0) is 10.2 Å². The maximum atomic E-state index is 12.3. The summed E-state index contributed by atoms with van der Waals surface area (Å²) in [7, 11) is 0. The number of hydrogen-bond donors (Lipinski definition) is 2. The van der Waals surface area contributed by atoms with E-state index in [0.717, 1.165) is 31.7 Å². The van der Waals surface area contributed by atoms with E-state index >= 15 is 0 Å². The van der Waals surface area contributed by atoms with Crippen molar-refractivity contribution in [3.05, 3.63) is 51.7 Å². The zero-order valence-corrected chi connectivity index (χ0v) is 15.0. The van der Waals surface area contributed by atoms with Crippen molar-refractivity contribution in [1.82, 2.24) is 5.32 Å². The van der Waals surface area contributed by atoms with E-state index in [1.807, 2.05) is 25.1 Å². The Bertz CT molecular complexity index is 691. The second-order valence-corrected chi connectivity index (χ2v) is 7.42. The van der Waals surface area contributed by atoms with E-state index in [1.165, 1.54) is 16.0 Å². The molecule has 5 heteroatoms. The number of carbonyl (C=O) groups excluding carboxylic acids is 1. The average Bonchev–Trinajstić information content (AvgIpc) is 3.13. The topological polar surface area (TPSA) is 50.4 Å². The Balaban J connectivity index is 1.64. The van der Waals surface area contributed by atoms with Crippen LogP contribution in [0.15, 0.2) is 35.7 Å². The van der Waals surface area contributed by atoms with Crippen molar-refractivity contribution in [1.29, 1.82) is 0 Å². The monoisotopic (exact) mass is 344 g/mol. The lowest BCUT2D eigenvalue weighted by Gasteiger charge is -2.36. The van der Waals surface area contributed by atoms with E-state index in [-0.39, 0.29) is 11.4 Å². The van der Waals surface area contributed by atoms with Gasteiger partial charge >= 0.3 is 6.03 Å². The zero-order valence-electron chi connectivity index (χ0n) is 14.2. The SMILES string of the molecule is Cc1ccc(NC(=O)NCC2(c3cccs3)CCOCC2)cc1C. The van der Waals surface area contributed by atoms with Crippen LogP contribution in [0.3, 0.4) is 0 Å². The summed E-state index contributed by atoms with van der Waals surface area (Å²) in [6.07, 6.45) is 1.88. The predicted octanol–water partition coefficient (Wildman–Crippen LogP) is 4.23. The van der Waals surface area contributed by atoms with E-state index in [0.29, 0.717) is 6.54 Å². The van der Waals surface area contributed by atoms with Gasteiger partial charge in [-0.3, -0.25) is 0 Å². The standard InChI is InChI=1S/C19H24N2O2S/c1-14-5-6-16(12-15(14)2)21-18(22)20-13-19(7-9-23-10-8-19)17-4-3-11-24-17/h3-6,11-12H,7-10,13H2,1-2H3,(H2,20,21,22). The summed E-state index contributed by atoms with van der Waals surface area (Å²) >= 11 is 1.76. The number of urea groups is 1. The second-order valence-electron chi connectivity index (χ2n) is 6.48. The van der Waals surface area contributed by atoms with Crippen LogP contribution in [0.25, 0.3) is 0 Å². The summed E-state index contributed by atoms with van der Waals surface area (Å²) in [6.45, 7) is 6.24. The van der Waals surface area contributed by atoms with Crippen molar-refractivity contribution in [2.75, 3.05) is 25.1 Å². The van der Waals surface area contributed by atoms with Crippen molar-refractivity contribution in [3.8, 4) is 0 Å². The number of thiophene rings is 1. The van der Waals surface area contributed by atoms with Crippen LogP contribution in [0, 0.1) is 13.8 Å². The molecule has 3 rings (SSSR count). The Morgan fingerprint density at radius 1 is 1.21 bits per heavy atom. The van der Waals surface area contributed by atoms with Gasteiger partial charge in [0.25, 0.3) is 0 Å². The number of hydrogen-bond acceptors (Lipinski definition) is 3. The van der Waals surface area contributed by atoms with Gasteiger partial charge in [0.1, 0.15) is 0 Å². The highest BCUT2D eigenvalue weighted by molar-refractivity contribution is 7.10. The molecule has 0 saturated carbocycles. The average molecular weight is 344 g/mol. The van der Waals surface area contributed by atoms with Gasteiger partial charge in [0.05, 0.1) is 0 Å². The molecule has 4 nitrogen and oxygen atoms in total.